The fourth-order valence-electron chi connectivity index (χ4n) is 1.21. The lowest BCUT2D eigenvalue weighted by Gasteiger charge is -2.23. The van der Waals surface area contributed by atoms with Gasteiger partial charge in [-0.3, -0.25) is 4.79 Å². The molecular weight excluding hydrogens is 190 g/mol. The molecule has 4 heteroatoms. The number of nitrogens with zero attached hydrogens (tertiary/aromatic N) is 2. The number of carbonyl (C=O) groups excluding carboxylic acids is 1. The summed E-state index contributed by atoms with van der Waals surface area (Å²) in [6, 6.07) is 1.95. The molecule has 0 rings (SSSR count). The van der Waals surface area contributed by atoms with Crippen molar-refractivity contribution in [3.05, 3.63) is 0 Å². The van der Waals surface area contributed by atoms with Gasteiger partial charge in [-0.15, -0.1) is 0 Å². The van der Waals surface area contributed by atoms with Crippen molar-refractivity contribution >= 4 is 5.91 Å². The van der Waals surface area contributed by atoms with E-state index in [2.05, 4.69) is 0 Å². The Kier molecular flexibility index (Phi) is 6.72. The number of hydrogen-bond donors (Lipinski definition) is 1. The monoisotopic (exact) mass is 211 g/mol. The van der Waals surface area contributed by atoms with Crippen LogP contribution in [0.25, 0.3) is 0 Å². The zero-order chi connectivity index (χ0) is 11.8. The largest absolute Gasteiger partial charge is 0.342 e. The number of carbonyl (C=O) groups is 1. The van der Waals surface area contributed by atoms with E-state index in [1.54, 1.807) is 4.90 Å². The minimum absolute atomic E-state index is 0.0500. The van der Waals surface area contributed by atoms with Gasteiger partial charge < -0.3 is 10.6 Å². The van der Waals surface area contributed by atoms with E-state index >= 15 is 0 Å². The van der Waals surface area contributed by atoms with Crippen LogP contribution in [0.4, 0.5) is 0 Å². The third-order valence-corrected chi connectivity index (χ3v) is 2.49. The Morgan fingerprint density at radius 1 is 1.53 bits per heavy atom. The number of rotatable bonds is 6. The van der Waals surface area contributed by atoms with Gasteiger partial charge in [-0.05, 0) is 12.8 Å². The molecule has 0 fully saturated rings. The first-order valence-electron chi connectivity index (χ1n) is 5.43. The van der Waals surface area contributed by atoms with Crippen LogP contribution in [0, 0.1) is 17.2 Å². The third-order valence-electron chi connectivity index (χ3n) is 2.49. The van der Waals surface area contributed by atoms with Crippen LogP contribution in [0.15, 0.2) is 0 Å². The second-order valence-electron chi connectivity index (χ2n) is 3.99. The molecule has 0 radical (unpaired) electrons. The Bertz CT molecular complexity index is 232. The van der Waals surface area contributed by atoms with Gasteiger partial charge in [0.15, 0.2) is 0 Å². The van der Waals surface area contributed by atoms with Crippen LogP contribution in [-0.2, 0) is 4.79 Å². The Morgan fingerprint density at radius 2 is 2.13 bits per heavy atom. The van der Waals surface area contributed by atoms with Gasteiger partial charge in [0, 0.05) is 25.6 Å². The molecule has 0 spiro atoms. The summed E-state index contributed by atoms with van der Waals surface area (Å²) in [6.45, 7) is 7.07. The fraction of sp³-hybridized carbons (Fsp3) is 0.818. The van der Waals surface area contributed by atoms with Crippen LogP contribution in [0.5, 0.6) is 0 Å². The fourth-order valence-corrected chi connectivity index (χ4v) is 1.21. The van der Waals surface area contributed by atoms with Crippen molar-refractivity contribution in [1.82, 2.24) is 4.90 Å². The van der Waals surface area contributed by atoms with Gasteiger partial charge in [-0.1, -0.05) is 13.8 Å². The maximum absolute atomic E-state index is 11.7. The van der Waals surface area contributed by atoms with Crippen molar-refractivity contribution in [2.45, 2.75) is 39.7 Å². The van der Waals surface area contributed by atoms with Gasteiger partial charge in [0.1, 0.15) is 0 Å². The van der Waals surface area contributed by atoms with Crippen molar-refractivity contribution in [1.29, 1.82) is 5.26 Å². The van der Waals surface area contributed by atoms with Crippen LogP contribution in [0.3, 0.4) is 0 Å². The molecule has 4 nitrogen and oxygen atoms in total. The van der Waals surface area contributed by atoms with Gasteiger partial charge in [-0.2, -0.15) is 5.26 Å². The van der Waals surface area contributed by atoms with Gasteiger partial charge in [0.05, 0.1) is 12.5 Å². The molecule has 86 valence electrons. The second-order valence-corrected chi connectivity index (χ2v) is 3.99. The molecule has 0 aromatic rings. The van der Waals surface area contributed by atoms with Crippen LogP contribution in [-0.4, -0.2) is 29.9 Å². The van der Waals surface area contributed by atoms with E-state index in [4.69, 9.17) is 11.0 Å². The van der Waals surface area contributed by atoms with E-state index in [0.717, 1.165) is 0 Å². The molecule has 0 saturated heterocycles. The molecule has 15 heavy (non-hydrogen) atoms. The van der Waals surface area contributed by atoms with Gasteiger partial charge >= 0.3 is 0 Å². The molecule has 1 amide bonds. The van der Waals surface area contributed by atoms with E-state index in [1.807, 2.05) is 26.8 Å². The molecular formula is C11H21N3O. The van der Waals surface area contributed by atoms with Crippen molar-refractivity contribution in [3.8, 4) is 6.07 Å². The third kappa shape index (κ3) is 5.38. The molecule has 2 N–H and O–H groups in total. The first-order chi connectivity index (χ1) is 7.02. The highest BCUT2D eigenvalue weighted by Crippen LogP contribution is 2.06. The van der Waals surface area contributed by atoms with Crippen LogP contribution in [0.2, 0.25) is 0 Å². The van der Waals surface area contributed by atoms with Crippen LogP contribution in [0.1, 0.15) is 33.6 Å². The average Bonchev–Trinajstić information content (AvgIpc) is 2.18. The summed E-state index contributed by atoms with van der Waals surface area (Å²) in [5, 5.41) is 8.45. The van der Waals surface area contributed by atoms with Crippen molar-refractivity contribution in [3.63, 3.8) is 0 Å². The summed E-state index contributed by atoms with van der Waals surface area (Å²) in [5.41, 5.74) is 5.83. The lowest BCUT2D eigenvalue weighted by molar-refractivity contribution is -0.131. The number of nitriles is 1. The van der Waals surface area contributed by atoms with Gasteiger partial charge in [-0.25, -0.2) is 0 Å². The predicted molar refractivity (Wildman–Crippen MR) is 59.9 cm³/mol. The lowest BCUT2D eigenvalue weighted by atomic mass is 10.0. The highest BCUT2D eigenvalue weighted by atomic mass is 16.2. The topological polar surface area (TPSA) is 70.1 Å². The predicted octanol–water partition coefficient (Wildman–Crippen LogP) is 1.12. The molecule has 0 aliphatic rings. The first-order valence-corrected chi connectivity index (χ1v) is 5.43. The maximum atomic E-state index is 11.7. The molecule has 0 bridgehead atoms. The van der Waals surface area contributed by atoms with Crippen LogP contribution >= 0.6 is 0 Å². The second kappa shape index (κ2) is 7.24. The molecule has 1 atom stereocenters. The SMILES string of the molecule is CCN(CCC#N)C(=O)CC(N)C(C)C. The van der Waals surface area contributed by atoms with E-state index in [9.17, 15) is 4.79 Å². The van der Waals surface area contributed by atoms with E-state index in [1.165, 1.54) is 0 Å². The molecule has 0 aliphatic carbocycles. The number of amides is 1. The summed E-state index contributed by atoms with van der Waals surface area (Å²) < 4.78 is 0. The molecule has 0 aromatic heterocycles. The van der Waals surface area contributed by atoms with E-state index < -0.39 is 0 Å². The first kappa shape index (κ1) is 13.9. The summed E-state index contributed by atoms with van der Waals surface area (Å²) >= 11 is 0. The molecule has 1 unspecified atom stereocenters. The molecule has 0 aliphatic heterocycles. The number of hydrogen-bond acceptors (Lipinski definition) is 3. The standard InChI is InChI=1S/C11H21N3O/c1-4-14(7-5-6-12)11(15)8-10(13)9(2)3/h9-10H,4-5,7-8,13H2,1-3H3. The number of nitrogens with two attached hydrogens (primary N) is 1. The molecule has 0 saturated carbocycles. The highest BCUT2D eigenvalue weighted by molar-refractivity contribution is 5.76. The Balaban J connectivity index is 4.10. The van der Waals surface area contributed by atoms with Gasteiger partial charge in [0.25, 0.3) is 0 Å². The summed E-state index contributed by atoms with van der Waals surface area (Å²) in [7, 11) is 0. The van der Waals surface area contributed by atoms with E-state index in [-0.39, 0.29) is 11.9 Å². The zero-order valence-corrected chi connectivity index (χ0v) is 9.86. The highest BCUT2D eigenvalue weighted by Gasteiger charge is 2.17. The van der Waals surface area contributed by atoms with Gasteiger partial charge in [0.2, 0.25) is 5.91 Å². The summed E-state index contributed by atoms with van der Waals surface area (Å²) in [6.07, 6.45) is 0.757. The normalized spacial score (nSPS) is 12.3. The lowest BCUT2D eigenvalue weighted by Crippen LogP contribution is -2.38. The minimum atomic E-state index is -0.0892. The average molecular weight is 211 g/mol. The van der Waals surface area contributed by atoms with Crippen molar-refractivity contribution in [2.75, 3.05) is 13.1 Å². The minimum Gasteiger partial charge on any atom is -0.342 e. The summed E-state index contributed by atoms with van der Waals surface area (Å²) in [4.78, 5) is 13.4. The summed E-state index contributed by atoms with van der Waals surface area (Å²) in [5.74, 6) is 0.359. The smallest absolute Gasteiger partial charge is 0.224 e. The Hall–Kier alpha value is -1.08. The van der Waals surface area contributed by atoms with Crippen molar-refractivity contribution in [2.24, 2.45) is 11.7 Å². The quantitative estimate of drug-likeness (QED) is 0.715. The van der Waals surface area contributed by atoms with Crippen molar-refractivity contribution < 1.29 is 4.79 Å². The zero-order valence-electron chi connectivity index (χ0n) is 9.86. The Labute approximate surface area is 92.0 Å². The molecule has 0 heterocycles. The molecule has 0 aromatic carbocycles. The maximum Gasteiger partial charge on any atom is 0.224 e. The van der Waals surface area contributed by atoms with Crippen LogP contribution < -0.4 is 5.73 Å². The van der Waals surface area contributed by atoms with E-state index in [0.29, 0.717) is 31.8 Å². The Morgan fingerprint density at radius 3 is 2.53 bits per heavy atom.